The summed E-state index contributed by atoms with van der Waals surface area (Å²) in [4.78, 5) is 0. The summed E-state index contributed by atoms with van der Waals surface area (Å²) in [5, 5.41) is -14.7. The van der Waals surface area contributed by atoms with Gasteiger partial charge in [-0.05, 0) is 0 Å². The monoisotopic (exact) mass is 380 g/mol. The number of sulfonamides is 1. The normalized spacial score (nSPS) is 16.1. The second-order valence-corrected chi connectivity index (χ2v) is 6.11. The Hall–Kier alpha value is -0.840. The fourth-order valence-electron chi connectivity index (χ4n) is 0.678. The van der Waals surface area contributed by atoms with Crippen molar-refractivity contribution in [3.05, 3.63) is 4.72 Å². The van der Waals surface area contributed by atoms with E-state index in [2.05, 4.69) is 0 Å². The van der Waals surface area contributed by atoms with Crippen molar-refractivity contribution in [2.75, 3.05) is 0 Å². The van der Waals surface area contributed by atoms with Gasteiger partial charge in [0, 0.05) is 0 Å². The standard InChI is InChI=1S/C4F10NO4S2/c5-1(6,2(7,8)20(14,16)17)3(9,10)21(18,19)15-4(11,12)13/q-1. The lowest BCUT2D eigenvalue weighted by atomic mass is 10.3. The molecule has 0 aliphatic rings. The van der Waals surface area contributed by atoms with Gasteiger partial charge in [0.05, 0.1) is 0 Å². The molecule has 0 amide bonds. The number of hydrogen-bond donors (Lipinski definition) is 0. The van der Waals surface area contributed by atoms with Gasteiger partial charge in [0.15, 0.2) is 10.0 Å². The molecule has 0 saturated carbocycles. The molecule has 21 heavy (non-hydrogen) atoms. The first-order chi connectivity index (χ1) is 8.71. The molecule has 0 aromatic rings. The zero-order valence-electron chi connectivity index (χ0n) is 8.68. The minimum atomic E-state index is -7.80. The topological polar surface area (TPSA) is 82.4 Å². The SMILES string of the molecule is O=S(=O)(F)C(F)(F)C(F)(F)C(F)(F)S(=O)(=O)[N-]C(F)(F)F. The van der Waals surface area contributed by atoms with Gasteiger partial charge in [-0.2, -0.15) is 47.9 Å². The third kappa shape index (κ3) is 3.33. The maximum atomic E-state index is 12.7. The molecule has 17 heteroatoms. The van der Waals surface area contributed by atoms with Gasteiger partial charge in [0.1, 0.15) is 0 Å². The molecule has 0 aliphatic carbocycles. The highest BCUT2D eigenvalue weighted by atomic mass is 32.3. The van der Waals surface area contributed by atoms with E-state index in [1.807, 2.05) is 0 Å². The Kier molecular flexibility index (Phi) is 4.64. The van der Waals surface area contributed by atoms with Crippen molar-refractivity contribution in [2.24, 2.45) is 0 Å². The van der Waals surface area contributed by atoms with E-state index in [4.69, 9.17) is 0 Å². The largest absolute Gasteiger partial charge is 0.452 e. The molecule has 128 valence electrons. The van der Waals surface area contributed by atoms with E-state index in [1.54, 1.807) is 0 Å². The molecular weight excluding hydrogens is 380 g/mol. The van der Waals surface area contributed by atoms with Crippen LogP contribution in [-0.4, -0.2) is 39.6 Å². The van der Waals surface area contributed by atoms with Crippen LogP contribution in [0.3, 0.4) is 0 Å². The maximum Gasteiger partial charge on any atom is 0.443 e. The van der Waals surface area contributed by atoms with Crippen LogP contribution < -0.4 is 0 Å². The van der Waals surface area contributed by atoms with Crippen molar-refractivity contribution in [3.63, 3.8) is 0 Å². The smallest absolute Gasteiger partial charge is 0.443 e. The molecule has 5 nitrogen and oxygen atoms in total. The number of rotatable bonds is 5. The molecule has 0 aromatic carbocycles. The fourth-order valence-corrected chi connectivity index (χ4v) is 2.02. The lowest BCUT2D eigenvalue weighted by molar-refractivity contribution is -0.245. The number of alkyl halides is 9. The Morgan fingerprint density at radius 1 is 0.667 bits per heavy atom. The average molecular weight is 380 g/mol. The van der Waals surface area contributed by atoms with Crippen molar-refractivity contribution in [3.8, 4) is 0 Å². The zero-order valence-corrected chi connectivity index (χ0v) is 10.3. The van der Waals surface area contributed by atoms with Crippen LogP contribution >= 0.6 is 0 Å². The minimum Gasteiger partial charge on any atom is -0.452 e. The Morgan fingerprint density at radius 2 is 1.00 bits per heavy atom. The van der Waals surface area contributed by atoms with Gasteiger partial charge in [-0.1, -0.05) is 3.89 Å². The molecule has 0 rings (SSSR count). The quantitative estimate of drug-likeness (QED) is 0.417. The zero-order chi connectivity index (χ0) is 17.7. The number of hydrogen-bond acceptors (Lipinski definition) is 4. The van der Waals surface area contributed by atoms with Crippen LogP contribution in [0.2, 0.25) is 0 Å². The summed E-state index contributed by atoms with van der Waals surface area (Å²) in [5.74, 6) is -7.58. The van der Waals surface area contributed by atoms with Crippen LogP contribution in [0.1, 0.15) is 0 Å². The predicted molar refractivity (Wildman–Crippen MR) is 43.2 cm³/mol. The third-order valence-electron chi connectivity index (χ3n) is 1.58. The summed E-state index contributed by atoms with van der Waals surface area (Å²) in [6.07, 6.45) is -6.40. The van der Waals surface area contributed by atoms with Gasteiger partial charge in [-0.3, -0.25) is 0 Å². The van der Waals surface area contributed by atoms with Gasteiger partial charge in [0.2, 0.25) is 0 Å². The van der Waals surface area contributed by atoms with E-state index >= 15 is 0 Å². The predicted octanol–water partition coefficient (Wildman–Crippen LogP) is 2.33. The average Bonchev–Trinajstić information content (AvgIpc) is 2.10. The highest BCUT2D eigenvalue weighted by Crippen LogP contribution is 2.53. The van der Waals surface area contributed by atoms with Crippen LogP contribution in [0.15, 0.2) is 0 Å². The lowest BCUT2D eigenvalue weighted by Gasteiger charge is -2.35. The molecule has 0 N–H and O–H groups in total. The number of nitrogens with zero attached hydrogens (tertiary/aromatic N) is 1. The van der Waals surface area contributed by atoms with Crippen LogP contribution in [0.4, 0.5) is 43.4 Å². The Morgan fingerprint density at radius 3 is 1.24 bits per heavy atom. The summed E-state index contributed by atoms with van der Waals surface area (Å²) >= 11 is 0. The van der Waals surface area contributed by atoms with Crippen molar-refractivity contribution in [1.29, 1.82) is 0 Å². The lowest BCUT2D eigenvalue weighted by Crippen LogP contribution is -2.59. The highest BCUT2D eigenvalue weighted by molar-refractivity contribution is 7.95. The Labute approximate surface area is 109 Å². The second-order valence-electron chi connectivity index (χ2n) is 3.08. The molecule has 0 heterocycles. The van der Waals surface area contributed by atoms with Crippen LogP contribution in [0, 0.1) is 0 Å². The van der Waals surface area contributed by atoms with Gasteiger partial charge in [0.25, 0.3) is 0 Å². The summed E-state index contributed by atoms with van der Waals surface area (Å²) in [7, 11) is -15.5. The molecular formula is C4F10NO4S2-. The minimum absolute atomic E-state index is 0.266. The first kappa shape index (κ1) is 20.2. The fraction of sp³-hybridized carbons (Fsp3) is 1.00. The Balaban J connectivity index is 6.15. The van der Waals surface area contributed by atoms with Gasteiger partial charge in [-0.25, -0.2) is 8.42 Å². The first-order valence-electron chi connectivity index (χ1n) is 3.84. The van der Waals surface area contributed by atoms with Gasteiger partial charge < -0.3 is 4.72 Å². The van der Waals surface area contributed by atoms with Crippen molar-refractivity contribution in [1.82, 2.24) is 0 Å². The summed E-state index contributed by atoms with van der Waals surface area (Å²) in [6, 6.07) is 0. The van der Waals surface area contributed by atoms with Crippen LogP contribution in [0.25, 0.3) is 4.72 Å². The van der Waals surface area contributed by atoms with E-state index < -0.39 is 43.0 Å². The first-order valence-corrected chi connectivity index (χ1v) is 6.66. The third-order valence-corrected chi connectivity index (χ3v) is 3.81. The molecule has 0 radical (unpaired) electrons. The van der Waals surface area contributed by atoms with Crippen LogP contribution in [-0.2, 0) is 20.2 Å². The van der Waals surface area contributed by atoms with E-state index in [9.17, 15) is 60.2 Å². The number of halogens is 10. The van der Waals surface area contributed by atoms with E-state index in [-0.39, 0.29) is 4.72 Å². The van der Waals surface area contributed by atoms with Crippen molar-refractivity contribution >= 4 is 20.2 Å². The Bertz CT molecular complexity index is 603. The molecule has 0 aliphatic heterocycles. The van der Waals surface area contributed by atoms with Crippen molar-refractivity contribution < 1.29 is 60.2 Å². The molecule has 0 saturated heterocycles. The summed E-state index contributed by atoms with van der Waals surface area (Å²) in [6.45, 7) is 0. The summed E-state index contributed by atoms with van der Waals surface area (Å²) < 4.78 is 162. The summed E-state index contributed by atoms with van der Waals surface area (Å²) in [5.41, 5.74) is 0. The van der Waals surface area contributed by atoms with Crippen LogP contribution in [0.5, 0.6) is 0 Å². The van der Waals surface area contributed by atoms with E-state index in [0.717, 1.165) is 0 Å². The van der Waals surface area contributed by atoms with E-state index in [1.165, 1.54) is 0 Å². The second kappa shape index (κ2) is 4.83. The highest BCUT2D eigenvalue weighted by Gasteiger charge is 2.81. The van der Waals surface area contributed by atoms with Gasteiger partial charge >= 0.3 is 33.0 Å². The molecule has 0 atom stereocenters. The molecule has 0 aromatic heterocycles. The molecule has 0 bridgehead atoms. The van der Waals surface area contributed by atoms with Gasteiger partial charge in [-0.15, -0.1) is 0 Å². The molecule has 0 fully saturated rings. The molecule has 0 unspecified atom stereocenters. The molecule has 0 spiro atoms. The van der Waals surface area contributed by atoms with E-state index in [0.29, 0.717) is 0 Å². The maximum absolute atomic E-state index is 12.7. The van der Waals surface area contributed by atoms with Crippen molar-refractivity contribution in [2.45, 2.75) is 22.7 Å².